The van der Waals surface area contributed by atoms with Gasteiger partial charge in [-0.05, 0) is 49.1 Å². The summed E-state index contributed by atoms with van der Waals surface area (Å²) in [6.07, 6.45) is 4.02. The Bertz CT molecular complexity index is 1250. The predicted octanol–water partition coefficient (Wildman–Crippen LogP) is 5.72. The second kappa shape index (κ2) is 9.82. The van der Waals surface area contributed by atoms with E-state index in [0.29, 0.717) is 29.8 Å². The summed E-state index contributed by atoms with van der Waals surface area (Å²) in [6.45, 7) is 7.07. The molecule has 3 aromatic rings. The Morgan fingerprint density at radius 3 is 2.63 bits per heavy atom. The van der Waals surface area contributed by atoms with Crippen molar-refractivity contribution in [1.82, 2.24) is 20.4 Å². The molecule has 8 heteroatoms. The highest BCUT2D eigenvalue weighted by molar-refractivity contribution is 5.86. The first-order valence-electron chi connectivity index (χ1n) is 12.2. The van der Waals surface area contributed by atoms with Gasteiger partial charge >= 0.3 is 6.03 Å². The number of carbonyl (C=O) groups excluding carboxylic acids is 1. The molecule has 35 heavy (non-hydrogen) atoms. The van der Waals surface area contributed by atoms with Crippen molar-refractivity contribution in [3.05, 3.63) is 65.2 Å². The second-order valence-corrected chi connectivity index (χ2v) is 8.83. The van der Waals surface area contributed by atoms with Crippen LogP contribution in [-0.4, -0.2) is 34.4 Å². The van der Waals surface area contributed by atoms with Gasteiger partial charge in [-0.1, -0.05) is 56.1 Å². The molecule has 182 valence electrons. The van der Waals surface area contributed by atoms with Crippen molar-refractivity contribution < 1.29 is 18.8 Å². The van der Waals surface area contributed by atoms with E-state index < -0.39 is 0 Å². The normalized spacial score (nSPS) is 17.2. The van der Waals surface area contributed by atoms with Gasteiger partial charge in [-0.3, -0.25) is 4.90 Å². The van der Waals surface area contributed by atoms with Crippen molar-refractivity contribution in [3.63, 3.8) is 0 Å². The van der Waals surface area contributed by atoms with Crippen molar-refractivity contribution in [2.45, 2.75) is 52.5 Å². The Kier molecular flexibility index (Phi) is 6.44. The Morgan fingerprint density at radius 1 is 1.06 bits per heavy atom. The molecule has 0 fully saturated rings. The summed E-state index contributed by atoms with van der Waals surface area (Å²) in [5.74, 6) is 2.20. The third-order valence-corrected chi connectivity index (χ3v) is 6.59. The fraction of sp³-hybridized carbons (Fsp3) is 0.370. The van der Waals surface area contributed by atoms with Gasteiger partial charge in [-0.15, -0.1) is 0 Å². The van der Waals surface area contributed by atoms with Crippen LogP contribution in [0.1, 0.15) is 63.1 Å². The van der Waals surface area contributed by atoms with E-state index in [2.05, 4.69) is 48.6 Å². The number of unbranched alkanes of at least 4 members (excludes halogenated alkanes) is 2. The Balaban J connectivity index is 1.54. The summed E-state index contributed by atoms with van der Waals surface area (Å²) in [5, 5.41) is 7.42. The van der Waals surface area contributed by atoms with E-state index in [1.54, 1.807) is 4.90 Å². The molecule has 8 nitrogen and oxygen atoms in total. The Labute approximate surface area is 204 Å². The Hall–Kier alpha value is -3.81. The molecule has 2 aromatic carbocycles. The minimum absolute atomic E-state index is 0.109. The van der Waals surface area contributed by atoms with Gasteiger partial charge in [0.15, 0.2) is 11.5 Å². The second-order valence-electron chi connectivity index (χ2n) is 8.83. The number of carbonyl (C=O) groups is 1. The van der Waals surface area contributed by atoms with Crippen LogP contribution in [0.15, 0.2) is 52.7 Å². The maximum absolute atomic E-state index is 13.1. The zero-order valence-corrected chi connectivity index (χ0v) is 20.3. The van der Waals surface area contributed by atoms with Gasteiger partial charge in [0.25, 0.3) is 5.89 Å². The number of allylic oxidation sites excluding steroid dienone is 1. The number of amides is 2. The molecular weight excluding hydrogens is 444 g/mol. The molecule has 2 amide bonds. The molecule has 0 aliphatic carbocycles. The zero-order chi connectivity index (χ0) is 24.4. The van der Waals surface area contributed by atoms with Crippen LogP contribution in [0.2, 0.25) is 0 Å². The molecule has 0 saturated carbocycles. The molecule has 0 saturated heterocycles. The highest BCUT2D eigenvalue weighted by Crippen LogP contribution is 2.39. The molecule has 1 atom stereocenters. The van der Waals surface area contributed by atoms with E-state index in [1.165, 1.54) is 5.56 Å². The molecular formula is C27H30N4O4. The van der Waals surface area contributed by atoms with Gasteiger partial charge in [0.05, 0.1) is 11.6 Å². The number of nitrogens with one attached hydrogen (secondary N) is 1. The number of hydrogen-bond donors (Lipinski definition) is 1. The lowest BCUT2D eigenvalue weighted by Gasteiger charge is -2.35. The molecule has 2 aliphatic rings. The number of aromatic nitrogens is 2. The van der Waals surface area contributed by atoms with E-state index in [4.69, 9.17) is 19.0 Å². The van der Waals surface area contributed by atoms with Gasteiger partial charge < -0.3 is 19.3 Å². The standard InChI is InChI=1S/C27H30N4O4/c1-4-6-7-14-31-17(3)23(24(28-27(31)32)19-10-8-18(5-2)9-11-19)26-29-25(30-35-26)20-12-13-21-22(15-20)34-16-33-21/h8-13,15,24H,4-7,14,16H2,1-3H3,(H,28,32). The maximum atomic E-state index is 13.1. The minimum atomic E-state index is -0.388. The van der Waals surface area contributed by atoms with Crippen LogP contribution in [0.25, 0.3) is 17.0 Å². The molecule has 2 aliphatic heterocycles. The molecule has 1 N–H and O–H groups in total. The van der Waals surface area contributed by atoms with Crippen LogP contribution in [-0.2, 0) is 6.42 Å². The van der Waals surface area contributed by atoms with Crippen LogP contribution in [0.3, 0.4) is 0 Å². The number of fused-ring (bicyclic) bond motifs is 1. The highest BCUT2D eigenvalue weighted by Gasteiger charge is 2.35. The number of rotatable bonds is 8. The van der Waals surface area contributed by atoms with Gasteiger partial charge in [-0.25, -0.2) is 4.79 Å². The largest absolute Gasteiger partial charge is 0.454 e. The predicted molar refractivity (Wildman–Crippen MR) is 132 cm³/mol. The summed E-state index contributed by atoms with van der Waals surface area (Å²) >= 11 is 0. The van der Waals surface area contributed by atoms with Crippen molar-refractivity contribution >= 4 is 11.6 Å². The zero-order valence-electron chi connectivity index (χ0n) is 20.3. The van der Waals surface area contributed by atoms with Crippen molar-refractivity contribution in [2.24, 2.45) is 0 Å². The third-order valence-electron chi connectivity index (χ3n) is 6.59. The Morgan fingerprint density at radius 2 is 1.86 bits per heavy atom. The summed E-state index contributed by atoms with van der Waals surface area (Å²) < 4.78 is 16.7. The average Bonchev–Trinajstić information content (AvgIpc) is 3.55. The first-order valence-corrected chi connectivity index (χ1v) is 12.2. The fourth-order valence-corrected chi connectivity index (χ4v) is 4.53. The summed E-state index contributed by atoms with van der Waals surface area (Å²) in [7, 11) is 0. The molecule has 5 rings (SSSR count). The van der Waals surface area contributed by atoms with Gasteiger partial charge in [0, 0.05) is 17.8 Å². The molecule has 1 aromatic heterocycles. The average molecular weight is 475 g/mol. The summed E-state index contributed by atoms with van der Waals surface area (Å²) in [6, 6.07) is 13.4. The van der Waals surface area contributed by atoms with Crippen molar-refractivity contribution in [1.29, 1.82) is 0 Å². The smallest absolute Gasteiger partial charge is 0.322 e. The maximum Gasteiger partial charge on any atom is 0.322 e. The quantitative estimate of drug-likeness (QED) is 0.420. The fourth-order valence-electron chi connectivity index (χ4n) is 4.53. The highest BCUT2D eigenvalue weighted by atomic mass is 16.7. The topological polar surface area (TPSA) is 89.7 Å². The molecule has 1 unspecified atom stereocenters. The van der Waals surface area contributed by atoms with Crippen molar-refractivity contribution in [2.75, 3.05) is 13.3 Å². The lowest BCUT2D eigenvalue weighted by atomic mass is 9.93. The van der Waals surface area contributed by atoms with Gasteiger partial charge in [-0.2, -0.15) is 4.98 Å². The molecule has 3 heterocycles. The van der Waals surface area contributed by atoms with Crippen LogP contribution in [0, 0.1) is 0 Å². The lowest BCUT2D eigenvalue weighted by molar-refractivity contribution is 0.174. The summed E-state index contributed by atoms with van der Waals surface area (Å²) in [4.78, 5) is 19.6. The number of ether oxygens (including phenoxy) is 2. The van der Waals surface area contributed by atoms with E-state index in [1.807, 2.05) is 25.1 Å². The monoisotopic (exact) mass is 474 g/mol. The van der Waals surface area contributed by atoms with Gasteiger partial charge in [0.2, 0.25) is 12.6 Å². The first-order chi connectivity index (χ1) is 17.1. The van der Waals surface area contributed by atoms with Crippen LogP contribution >= 0.6 is 0 Å². The first kappa shape index (κ1) is 23.0. The van der Waals surface area contributed by atoms with Crippen LogP contribution < -0.4 is 14.8 Å². The number of nitrogens with zero attached hydrogens (tertiary/aromatic N) is 3. The number of benzene rings is 2. The number of urea groups is 1. The molecule has 0 radical (unpaired) electrons. The van der Waals surface area contributed by atoms with E-state index in [9.17, 15) is 4.79 Å². The lowest BCUT2D eigenvalue weighted by Crippen LogP contribution is -2.46. The molecule has 0 spiro atoms. The molecule has 0 bridgehead atoms. The van der Waals surface area contributed by atoms with Gasteiger partial charge in [0.1, 0.15) is 0 Å². The van der Waals surface area contributed by atoms with Crippen LogP contribution in [0.4, 0.5) is 4.79 Å². The van der Waals surface area contributed by atoms with Crippen LogP contribution in [0.5, 0.6) is 11.5 Å². The number of aryl methyl sites for hydroxylation is 1. The SMILES string of the molecule is CCCCCN1C(=O)NC(c2ccc(CC)cc2)C(c2nc(-c3ccc4c(c3)OCO4)no2)=C1C. The van der Waals surface area contributed by atoms with E-state index in [-0.39, 0.29) is 18.9 Å². The minimum Gasteiger partial charge on any atom is -0.454 e. The summed E-state index contributed by atoms with van der Waals surface area (Å²) in [5.41, 5.74) is 4.62. The van der Waals surface area contributed by atoms with E-state index >= 15 is 0 Å². The third kappa shape index (κ3) is 4.48. The van der Waals surface area contributed by atoms with E-state index in [0.717, 1.165) is 48.1 Å². The van der Waals surface area contributed by atoms with Crippen molar-refractivity contribution in [3.8, 4) is 22.9 Å². The number of hydrogen-bond acceptors (Lipinski definition) is 6.